The molecule has 1 aliphatic rings. The summed E-state index contributed by atoms with van der Waals surface area (Å²) in [6.07, 6.45) is 1.39. The van der Waals surface area contributed by atoms with Gasteiger partial charge in [0.1, 0.15) is 0 Å². The van der Waals surface area contributed by atoms with E-state index in [1.807, 2.05) is 6.92 Å². The average Bonchev–Trinajstić information content (AvgIpc) is 2.84. The second-order valence-corrected chi connectivity index (χ2v) is 6.16. The largest absolute Gasteiger partial charge is 0.481 e. The summed E-state index contributed by atoms with van der Waals surface area (Å²) in [5.41, 5.74) is -2.58. The molecule has 1 N–H and O–H groups in total. The summed E-state index contributed by atoms with van der Waals surface area (Å²) in [5.74, 6) is -1.74. The molecular weight excluding hydrogens is 283 g/mol. The first-order valence-electron chi connectivity index (χ1n) is 7.79. The molecule has 6 heteroatoms. The van der Waals surface area contributed by atoms with Gasteiger partial charge in [-0.05, 0) is 26.3 Å². The number of carboxylic acids is 1. The second-order valence-electron chi connectivity index (χ2n) is 6.16. The van der Waals surface area contributed by atoms with E-state index in [-0.39, 0.29) is 19.0 Å². The number of rotatable bonds is 8. The Hall–Kier alpha value is -0.780. The van der Waals surface area contributed by atoms with Crippen LogP contribution in [0, 0.1) is 5.41 Å². The van der Waals surface area contributed by atoms with Crippen molar-refractivity contribution in [3.63, 3.8) is 0 Å². The van der Waals surface area contributed by atoms with Gasteiger partial charge in [0.05, 0.1) is 0 Å². The number of hydrogen-bond donors (Lipinski definition) is 1. The molecule has 0 aromatic heterocycles. The zero-order valence-electron chi connectivity index (χ0n) is 12.9. The van der Waals surface area contributed by atoms with Crippen LogP contribution in [0.25, 0.3) is 0 Å². The first-order valence-corrected chi connectivity index (χ1v) is 7.79. The molecule has 0 spiro atoms. The number of likely N-dealkylation sites (tertiary alicyclic amines) is 1. The van der Waals surface area contributed by atoms with Crippen LogP contribution in [0.3, 0.4) is 0 Å². The molecule has 1 fully saturated rings. The van der Waals surface area contributed by atoms with E-state index in [9.17, 15) is 18.0 Å². The number of unbranched alkanes of at least 4 members (excludes halogenated alkanes) is 4. The molecule has 0 radical (unpaired) electrons. The summed E-state index contributed by atoms with van der Waals surface area (Å²) in [6, 6.07) is 0.00945. The van der Waals surface area contributed by atoms with Gasteiger partial charge in [-0.25, -0.2) is 0 Å². The fourth-order valence-electron chi connectivity index (χ4n) is 2.97. The SMILES string of the molecule is CCCCCCCC(C)N1CCC(C(=O)O)(C(F)(F)F)C1. The van der Waals surface area contributed by atoms with Crippen molar-refractivity contribution >= 4 is 5.97 Å². The monoisotopic (exact) mass is 309 g/mol. The van der Waals surface area contributed by atoms with Crippen molar-refractivity contribution in [2.45, 2.75) is 71.0 Å². The Kier molecular flexibility index (Phi) is 6.50. The fourth-order valence-corrected chi connectivity index (χ4v) is 2.97. The van der Waals surface area contributed by atoms with Crippen LogP contribution in [0.5, 0.6) is 0 Å². The first kappa shape index (κ1) is 18.3. The summed E-state index contributed by atoms with van der Waals surface area (Å²) >= 11 is 0. The normalized spacial score (nSPS) is 25.2. The van der Waals surface area contributed by atoms with Crippen LogP contribution in [-0.2, 0) is 4.79 Å². The Morgan fingerprint density at radius 3 is 2.38 bits per heavy atom. The van der Waals surface area contributed by atoms with Crippen LogP contribution in [0.15, 0.2) is 0 Å². The fraction of sp³-hybridized carbons (Fsp3) is 0.933. The van der Waals surface area contributed by atoms with Gasteiger partial charge in [0.25, 0.3) is 0 Å². The van der Waals surface area contributed by atoms with Gasteiger partial charge in [-0.15, -0.1) is 0 Å². The lowest BCUT2D eigenvalue weighted by Gasteiger charge is -2.29. The molecule has 0 bridgehead atoms. The minimum Gasteiger partial charge on any atom is -0.481 e. The van der Waals surface area contributed by atoms with Crippen molar-refractivity contribution in [3.8, 4) is 0 Å². The van der Waals surface area contributed by atoms with E-state index in [4.69, 9.17) is 5.11 Å². The number of hydrogen-bond acceptors (Lipinski definition) is 2. The van der Waals surface area contributed by atoms with E-state index in [1.54, 1.807) is 4.90 Å². The van der Waals surface area contributed by atoms with Crippen molar-refractivity contribution in [1.29, 1.82) is 0 Å². The highest BCUT2D eigenvalue weighted by molar-refractivity contribution is 5.76. The summed E-state index contributed by atoms with van der Waals surface area (Å²) in [6.45, 7) is 3.83. The zero-order valence-corrected chi connectivity index (χ0v) is 12.9. The predicted molar refractivity (Wildman–Crippen MR) is 75.2 cm³/mol. The lowest BCUT2D eigenvalue weighted by Crippen LogP contribution is -2.48. The van der Waals surface area contributed by atoms with Crippen LogP contribution >= 0.6 is 0 Å². The van der Waals surface area contributed by atoms with Gasteiger partial charge in [0, 0.05) is 12.6 Å². The predicted octanol–water partition coefficient (Wildman–Crippen LogP) is 4.07. The topological polar surface area (TPSA) is 40.5 Å². The molecule has 1 heterocycles. The van der Waals surface area contributed by atoms with Crippen molar-refractivity contribution in [1.82, 2.24) is 4.90 Å². The van der Waals surface area contributed by atoms with Gasteiger partial charge >= 0.3 is 12.1 Å². The summed E-state index contributed by atoms with van der Waals surface area (Å²) in [7, 11) is 0. The molecule has 2 atom stereocenters. The Morgan fingerprint density at radius 2 is 1.90 bits per heavy atom. The molecule has 3 nitrogen and oxygen atoms in total. The highest BCUT2D eigenvalue weighted by atomic mass is 19.4. The van der Waals surface area contributed by atoms with Crippen LogP contribution in [0.4, 0.5) is 13.2 Å². The van der Waals surface area contributed by atoms with E-state index >= 15 is 0 Å². The third kappa shape index (κ3) is 4.34. The third-order valence-corrected chi connectivity index (χ3v) is 4.60. The summed E-state index contributed by atoms with van der Waals surface area (Å²) < 4.78 is 39.3. The van der Waals surface area contributed by atoms with Crippen molar-refractivity contribution in [2.75, 3.05) is 13.1 Å². The zero-order chi connectivity index (χ0) is 16.1. The Bertz CT molecular complexity index is 346. The summed E-state index contributed by atoms with van der Waals surface area (Å²) in [5, 5.41) is 9.03. The molecule has 1 saturated heterocycles. The van der Waals surface area contributed by atoms with E-state index in [1.165, 1.54) is 6.42 Å². The molecule has 1 aliphatic heterocycles. The number of carboxylic acid groups (broad SMARTS) is 1. The number of nitrogens with zero attached hydrogens (tertiary/aromatic N) is 1. The number of aliphatic carboxylic acids is 1. The number of carbonyl (C=O) groups is 1. The molecule has 1 rings (SSSR count). The lowest BCUT2D eigenvalue weighted by molar-refractivity contribution is -0.227. The van der Waals surface area contributed by atoms with E-state index in [0.29, 0.717) is 0 Å². The maximum atomic E-state index is 13.1. The van der Waals surface area contributed by atoms with Crippen LogP contribution < -0.4 is 0 Å². The van der Waals surface area contributed by atoms with Gasteiger partial charge in [-0.1, -0.05) is 39.0 Å². The summed E-state index contributed by atoms with van der Waals surface area (Å²) in [4.78, 5) is 12.8. The molecule has 0 saturated carbocycles. The van der Waals surface area contributed by atoms with E-state index in [2.05, 4.69) is 6.92 Å². The molecule has 124 valence electrons. The standard InChI is InChI=1S/C15H26F3NO2/c1-3-4-5-6-7-8-12(2)19-10-9-14(11-19,13(20)21)15(16,17)18/h12H,3-11H2,1-2H3,(H,20,21). The van der Waals surface area contributed by atoms with Crippen LogP contribution in [-0.4, -0.2) is 41.3 Å². The molecule has 21 heavy (non-hydrogen) atoms. The first-order chi connectivity index (χ1) is 9.74. The minimum atomic E-state index is -4.69. The van der Waals surface area contributed by atoms with Crippen LogP contribution in [0.1, 0.15) is 58.8 Å². The smallest absolute Gasteiger partial charge is 0.406 e. The Labute approximate surface area is 124 Å². The van der Waals surface area contributed by atoms with Crippen LogP contribution in [0.2, 0.25) is 0 Å². The Morgan fingerprint density at radius 1 is 1.29 bits per heavy atom. The van der Waals surface area contributed by atoms with Crippen molar-refractivity contribution in [2.24, 2.45) is 5.41 Å². The molecule has 0 aliphatic carbocycles. The van der Waals surface area contributed by atoms with Gasteiger partial charge < -0.3 is 5.11 Å². The lowest BCUT2D eigenvalue weighted by atomic mass is 9.86. The maximum Gasteiger partial charge on any atom is 0.406 e. The molecular formula is C15H26F3NO2. The van der Waals surface area contributed by atoms with Gasteiger partial charge in [0.15, 0.2) is 5.41 Å². The molecule has 0 aromatic rings. The third-order valence-electron chi connectivity index (χ3n) is 4.60. The highest BCUT2D eigenvalue weighted by Crippen LogP contribution is 2.46. The molecule has 0 aromatic carbocycles. The Balaban J connectivity index is 2.50. The molecule has 0 amide bonds. The molecule has 2 unspecified atom stereocenters. The average molecular weight is 309 g/mol. The van der Waals surface area contributed by atoms with Gasteiger partial charge in [-0.3, -0.25) is 9.69 Å². The second kappa shape index (κ2) is 7.47. The van der Waals surface area contributed by atoms with Gasteiger partial charge in [-0.2, -0.15) is 13.2 Å². The maximum absolute atomic E-state index is 13.1. The van der Waals surface area contributed by atoms with Gasteiger partial charge in [0.2, 0.25) is 0 Å². The highest BCUT2D eigenvalue weighted by Gasteiger charge is 2.63. The minimum absolute atomic E-state index is 0.00945. The number of alkyl halides is 3. The van der Waals surface area contributed by atoms with E-state index < -0.39 is 24.1 Å². The van der Waals surface area contributed by atoms with E-state index in [0.717, 1.165) is 32.1 Å². The van der Waals surface area contributed by atoms with Crippen molar-refractivity contribution in [3.05, 3.63) is 0 Å². The number of halogens is 3. The van der Waals surface area contributed by atoms with Crippen molar-refractivity contribution < 1.29 is 23.1 Å². The quantitative estimate of drug-likeness (QED) is 0.687.